The number of benzene rings is 2. The standard InChI is InChI=1S/C21H23FN2O4/c22-17-6-8-18(9-7-17)23-11-13-24(14-12-23)20(25)16-28-21(26)10-15-27-19-4-2-1-3-5-19/h1-9H,10-16H2. The van der Waals surface area contributed by atoms with Crippen molar-refractivity contribution in [2.24, 2.45) is 0 Å². The molecule has 7 heteroatoms. The highest BCUT2D eigenvalue weighted by atomic mass is 19.1. The number of anilines is 1. The number of hydrogen-bond donors (Lipinski definition) is 0. The smallest absolute Gasteiger partial charge is 0.309 e. The average Bonchev–Trinajstić information content (AvgIpc) is 2.73. The fraction of sp³-hybridized carbons (Fsp3) is 0.333. The molecule has 0 saturated carbocycles. The molecule has 6 nitrogen and oxygen atoms in total. The summed E-state index contributed by atoms with van der Waals surface area (Å²) in [5.41, 5.74) is 0.929. The molecule has 1 aliphatic rings. The Morgan fingerprint density at radius 1 is 0.929 bits per heavy atom. The summed E-state index contributed by atoms with van der Waals surface area (Å²) in [7, 11) is 0. The van der Waals surface area contributed by atoms with E-state index >= 15 is 0 Å². The molecule has 0 unspecified atom stereocenters. The summed E-state index contributed by atoms with van der Waals surface area (Å²) in [5, 5.41) is 0. The first-order valence-electron chi connectivity index (χ1n) is 9.23. The molecular formula is C21H23FN2O4. The van der Waals surface area contributed by atoms with E-state index in [9.17, 15) is 14.0 Å². The Morgan fingerprint density at radius 3 is 2.29 bits per heavy atom. The fourth-order valence-electron chi connectivity index (χ4n) is 2.94. The number of hydrogen-bond acceptors (Lipinski definition) is 5. The lowest BCUT2D eigenvalue weighted by Crippen LogP contribution is -2.49. The molecule has 0 aromatic heterocycles. The fourth-order valence-corrected chi connectivity index (χ4v) is 2.94. The van der Waals surface area contributed by atoms with Crippen LogP contribution in [0.25, 0.3) is 0 Å². The van der Waals surface area contributed by atoms with Crippen LogP contribution in [0, 0.1) is 5.82 Å². The first-order chi connectivity index (χ1) is 13.6. The lowest BCUT2D eigenvalue weighted by Gasteiger charge is -2.36. The van der Waals surface area contributed by atoms with E-state index in [0.717, 1.165) is 5.69 Å². The van der Waals surface area contributed by atoms with Gasteiger partial charge in [-0.25, -0.2) is 4.39 Å². The van der Waals surface area contributed by atoms with Crippen molar-refractivity contribution in [1.29, 1.82) is 0 Å². The minimum absolute atomic E-state index is 0.0838. The van der Waals surface area contributed by atoms with Crippen molar-refractivity contribution in [3.8, 4) is 5.75 Å². The zero-order valence-electron chi connectivity index (χ0n) is 15.6. The maximum Gasteiger partial charge on any atom is 0.309 e. The van der Waals surface area contributed by atoms with Crippen molar-refractivity contribution in [1.82, 2.24) is 4.90 Å². The lowest BCUT2D eigenvalue weighted by molar-refractivity contribution is -0.152. The van der Waals surface area contributed by atoms with E-state index in [1.807, 2.05) is 18.2 Å². The number of piperazine rings is 1. The summed E-state index contributed by atoms with van der Waals surface area (Å²) >= 11 is 0. The summed E-state index contributed by atoms with van der Waals surface area (Å²) in [5.74, 6) is -0.260. The van der Waals surface area contributed by atoms with Crippen LogP contribution in [0.15, 0.2) is 54.6 Å². The molecule has 3 rings (SSSR count). The lowest BCUT2D eigenvalue weighted by atomic mass is 10.2. The summed E-state index contributed by atoms with van der Waals surface area (Å²) in [4.78, 5) is 27.8. The van der Waals surface area contributed by atoms with Crippen LogP contribution in [-0.4, -0.2) is 56.2 Å². The predicted molar refractivity (Wildman–Crippen MR) is 103 cm³/mol. The third-order valence-corrected chi connectivity index (χ3v) is 4.50. The van der Waals surface area contributed by atoms with E-state index in [-0.39, 0.29) is 31.4 Å². The molecule has 2 aromatic carbocycles. The van der Waals surface area contributed by atoms with E-state index in [1.54, 1.807) is 29.2 Å². The molecule has 0 spiro atoms. The number of ether oxygens (including phenoxy) is 2. The normalized spacial score (nSPS) is 13.9. The summed E-state index contributed by atoms with van der Waals surface area (Å²) in [6.07, 6.45) is 0.0838. The average molecular weight is 386 g/mol. The molecule has 148 valence electrons. The molecule has 1 amide bonds. The van der Waals surface area contributed by atoms with Gasteiger partial charge in [0.2, 0.25) is 0 Å². The second kappa shape index (κ2) is 9.73. The van der Waals surface area contributed by atoms with Crippen LogP contribution in [0.5, 0.6) is 5.75 Å². The highest BCUT2D eigenvalue weighted by Crippen LogP contribution is 2.17. The van der Waals surface area contributed by atoms with Crippen molar-refractivity contribution in [3.63, 3.8) is 0 Å². The number of rotatable bonds is 7. The van der Waals surface area contributed by atoms with Crippen LogP contribution < -0.4 is 9.64 Å². The first kappa shape index (κ1) is 19.7. The van der Waals surface area contributed by atoms with Gasteiger partial charge < -0.3 is 19.3 Å². The van der Waals surface area contributed by atoms with Crippen molar-refractivity contribution in [2.75, 3.05) is 44.3 Å². The summed E-state index contributed by atoms with van der Waals surface area (Å²) < 4.78 is 23.5. The Bertz CT molecular complexity index is 775. The monoisotopic (exact) mass is 386 g/mol. The Morgan fingerprint density at radius 2 is 1.61 bits per heavy atom. The topological polar surface area (TPSA) is 59.1 Å². The minimum Gasteiger partial charge on any atom is -0.493 e. The number of nitrogens with zero attached hydrogens (tertiary/aromatic N) is 2. The van der Waals surface area contributed by atoms with Gasteiger partial charge in [-0.05, 0) is 36.4 Å². The van der Waals surface area contributed by atoms with Gasteiger partial charge in [-0.3, -0.25) is 9.59 Å². The molecule has 1 fully saturated rings. The maximum absolute atomic E-state index is 13.0. The quantitative estimate of drug-likeness (QED) is 0.685. The number of carbonyl (C=O) groups excluding carboxylic acids is 2. The van der Waals surface area contributed by atoms with Crippen LogP contribution in [0.2, 0.25) is 0 Å². The van der Waals surface area contributed by atoms with Crippen molar-refractivity contribution < 1.29 is 23.5 Å². The van der Waals surface area contributed by atoms with Gasteiger partial charge in [-0.2, -0.15) is 0 Å². The zero-order valence-corrected chi connectivity index (χ0v) is 15.6. The molecule has 1 aliphatic heterocycles. The number of esters is 1. The molecule has 0 atom stereocenters. The van der Waals surface area contributed by atoms with Gasteiger partial charge in [0.05, 0.1) is 13.0 Å². The number of halogens is 1. The van der Waals surface area contributed by atoms with Crippen LogP contribution >= 0.6 is 0 Å². The van der Waals surface area contributed by atoms with Gasteiger partial charge in [0.15, 0.2) is 6.61 Å². The Hall–Kier alpha value is -3.09. The zero-order chi connectivity index (χ0) is 19.8. The van der Waals surface area contributed by atoms with Gasteiger partial charge in [0.1, 0.15) is 11.6 Å². The van der Waals surface area contributed by atoms with E-state index in [2.05, 4.69) is 4.90 Å². The van der Waals surface area contributed by atoms with Crippen LogP contribution in [0.3, 0.4) is 0 Å². The second-order valence-corrected chi connectivity index (χ2v) is 6.42. The van der Waals surface area contributed by atoms with Gasteiger partial charge in [0.25, 0.3) is 5.91 Å². The molecule has 0 N–H and O–H groups in total. The molecule has 2 aromatic rings. The van der Waals surface area contributed by atoms with Gasteiger partial charge in [0, 0.05) is 31.9 Å². The molecule has 1 heterocycles. The third kappa shape index (κ3) is 5.70. The minimum atomic E-state index is -0.464. The Kier molecular flexibility index (Phi) is 6.84. The summed E-state index contributed by atoms with van der Waals surface area (Å²) in [6, 6.07) is 15.5. The van der Waals surface area contributed by atoms with Gasteiger partial charge >= 0.3 is 5.97 Å². The van der Waals surface area contributed by atoms with Crippen molar-refractivity contribution in [2.45, 2.75) is 6.42 Å². The first-order valence-corrected chi connectivity index (χ1v) is 9.23. The molecule has 1 saturated heterocycles. The predicted octanol–water partition coefficient (Wildman–Crippen LogP) is 2.49. The SMILES string of the molecule is O=C(CCOc1ccccc1)OCC(=O)N1CCN(c2ccc(F)cc2)CC1. The maximum atomic E-state index is 13.0. The second-order valence-electron chi connectivity index (χ2n) is 6.42. The third-order valence-electron chi connectivity index (χ3n) is 4.50. The van der Waals surface area contributed by atoms with E-state index in [1.165, 1.54) is 12.1 Å². The van der Waals surface area contributed by atoms with Crippen molar-refractivity contribution in [3.05, 3.63) is 60.4 Å². The molecule has 0 radical (unpaired) electrons. The molecular weight excluding hydrogens is 363 g/mol. The van der Waals surface area contributed by atoms with E-state index in [0.29, 0.717) is 31.9 Å². The van der Waals surface area contributed by atoms with E-state index < -0.39 is 5.97 Å². The Labute approximate surface area is 163 Å². The van der Waals surface area contributed by atoms with Crippen LogP contribution in [0.1, 0.15) is 6.42 Å². The molecule has 0 bridgehead atoms. The number of carbonyl (C=O) groups is 2. The summed E-state index contributed by atoms with van der Waals surface area (Å²) in [6.45, 7) is 2.30. The van der Waals surface area contributed by atoms with Crippen LogP contribution in [0.4, 0.5) is 10.1 Å². The van der Waals surface area contributed by atoms with Gasteiger partial charge in [-0.1, -0.05) is 18.2 Å². The van der Waals surface area contributed by atoms with E-state index in [4.69, 9.17) is 9.47 Å². The molecule has 28 heavy (non-hydrogen) atoms. The number of para-hydroxylation sites is 1. The largest absolute Gasteiger partial charge is 0.493 e. The van der Waals surface area contributed by atoms with Gasteiger partial charge in [-0.15, -0.1) is 0 Å². The number of amides is 1. The highest BCUT2D eigenvalue weighted by molar-refractivity contribution is 5.81. The highest BCUT2D eigenvalue weighted by Gasteiger charge is 2.22. The Balaban J connectivity index is 1.34. The van der Waals surface area contributed by atoms with Crippen molar-refractivity contribution >= 4 is 17.6 Å². The van der Waals surface area contributed by atoms with Crippen LogP contribution in [-0.2, 0) is 14.3 Å². The molecule has 0 aliphatic carbocycles.